The summed E-state index contributed by atoms with van der Waals surface area (Å²) in [7, 11) is 0. The number of nitrogens with one attached hydrogen (secondary N) is 1. The van der Waals surface area contributed by atoms with Gasteiger partial charge in [-0.1, -0.05) is 43.3 Å². The number of aromatic nitrogens is 2. The Balaban J connectivity index is 1.51. The molecule has 3 heterocycles. The van der Waals surface area contributed by atoms with Gasteiger partial charge in [-0.15, -0.1) is 0 Å². The average molecular weight is 418 g/mol. The Bertz CT molecular complexity index is 1160. The number of carbonyl (C=O) groups is 1. The normalized spacial score (nSPS) is 11.4. The molecule has 0 aliphatic rings. The van der Waals surface area contributed by atoms with E-state index < -0.39 is 0 Å². The van der Waals surface area contributed by atoms with Crippen molar-refractivity contribution >= 4 is 17.0 Å². The Hall–Kier alpha value is -3.45. The molecule has 7 nitrogen and oxygen atoms in total. The van der Waals surface area contributed by atoms with Gasteiger partial charge in [0.25, 0.3) is 11.6 Å². The highest BCUT2D eigenvalue weighted by Crippen LogP contribution is 2.27. The van der Waals surface area contributed by atoms with E-state index in [0.29, 0.717) is 40.4 Å². The second kappa shape index (κ2) is 9.14. The van der Waals surface area contributed by atoms with Crippen molar-refractivity contribution in [2.45, 2.75) is 33.9 Å². The van der Waals surface area contributed by atoms with Gasteiger partial charge in [0.05, 0.1) is 22.9 Å². The van der Waals surface area contributed by atoms with Crippen molar-refractivity contribution in [3.63, 3.8) is 0 Å². The van der Waals surface area contributed by atoms with Crippen LogP contribution in [0.5, 0.6) is 0 Å². The molecular weight excluding hydrogens is 392 g/mol. The molecule has 1 aromatic carbocycles. The summed E-state index contributed by atoms with van der Waals surface area (Å²) in [6.07, 6.45) is 1.57. The Morgan fingerprint density at radius 3 is 2.52 bits per heavy atom. The van der Waals surface area contributed by atoms with E-state index in [0.717, 1.165) is 25.2 Å². The highest BCUT2D eigenvalue weighted by molar-refractivity contribution is 6.06. The van der Waals surface area contributed by atoms with Crippen LogP contribution in [-0.2, 0) is 13.1 Å². The lowest BCUT2D eigenvalue weighted by Crippen LogP contribution is -2.23. The zero-order valence-electron chi connectivity index (χ0n) is 18.0. The van der Waals surface area contributed by atoms with Gasteiger partial charge in [0.2, 0.25) is 0 Å². The van der Waals surface area contributed by atoms with Gasteiger partial charge in [0.1, 0.15) is 5.69 Å². The van der Waals surface area contributed by atoms with Crippen LogP contribution in [0.1, 0.15) is 41.0 Å². The third kappa shape index (κ3) is 4.51. The van der Waals surface area contributed by atoms with Gasteiger partial charge in [0.15, 0.2) is 5.76 Å². The maximum Gasteiger partial charge on any atom is 0.259 e. The lowest BCUT2D eigenvalue weighted by atomic mass is 10.1. The summed E-state index contributed by atoms with van der Waals surface area (Å²) in [4.78, 5) is 19.9. The summed E-state index contributed by atoms with van der Waals surface area (Å²) >= 11 is 0. The second-order valence-corrected chi connectivity index (χ2v) is 7.44. The van der Waals surface area contributed by atoms with Crippen molar-refractivity contribution in [1.29, 1.82) is 0 Å². The molecule has 31 heavy (non-hydrogen) atoms. The molecule has 1 N–H and O–H groups in total. The molecule has 0 saturated carbocycles. The monoisotopic (exact) mass is 418 g/mol. The standard InChI is InChI=1S/C24H26N4O3/c1-4-28(5-2)15-18-10-8-17(9-11-18)14-25-23(29)19-13-20(21-7-6-12-30-21)26-24-22(19)16(3)27-31-24/h6-13H,4-5,14-15H2,1-3H3,(H,25,29). The van der Waals surface area contributed by atoms with Crippen LogP contribution < -0.4 is 5.32 Å². The van der Waals surface area contributed by atoms with Gasteiger partial charge in [-0.25, -0.2) is 4.98 Å². The molecule has 0 unspecified atom stereocenters. The minimum Gasteiger partial charge on any atom is -0.463 e. The molecule has 0 spiro atoms. The molecule has 4 rings (SSSR count). The van der Waals surface area contributed by atoms with E-state index in [9.17, 15) is 4.79 Å². The molecule has 0 saturated heterocycles. The molecule has 3 aromatic heterocycles. The number of benzene rings is 1. The van der Waals surface area contributed by atoms with E-state index in [1.165, 1.54) is 5.56 Å². The number of rotatable bonds is 8. The molecule has 0 bridgehead atoms. The third-order valence-electron chi connectivity index (χ3n) is 5.41. The van der Waals surface area contributed by atoms with Crippen LogP contribution in [0, 0.1) is 6.92 Å². The number of carbonyl (C=O) groups excluding carboxylic acids is 1. The van der Waals surface area contributed by atoms with E-state index in [1.54, 1.807) is 31.4 Å². The SMILES string of the molecule is CCN(CC)Cc1ccc(CNC(=O)c2cc(-c3ccco3)nc3onc(C)c23)cc1. The number of hydrogen-bond donors (Lipinski definition) is 1. The summed E-state index contributed by atoms with van der Waals surface area (Å²) in [6.45, 7) is 9.53. The van der Waals surface area contributed by atoms with Crippen molar-refractivity contribution in [3.05, 3.63) is 71.1 Å². The fourth-order valence-electron chi connectivity index (χ4n) is 3.57. The Morgan fingerprint density at radius 1 is 1.10 bits per heavy atom. The fraction of sp³-hybridized carbons (Fsp3) is 0.292. The number of hydrogen-bond acceptors (Lipinski definition) is 6. The van der Waals surface area contributed by atoms with E-state index in [4.69, 9.17) is 8.94 Å². The Labute approximate surface area is 181 Å². The first kappa shape index (κ1) is 20.8. The fourth-order valence-corrected chi connectivity index (χ4v) is 3.57. The molecule has 0 fully saturated rings. The van der Waals surface area contributed by atoms with Crippen LogP contribution in [-0.4, -0.2) is 34.0 Å². The summed E-state index contributed by atoms with van der Waals surface area (Å²) in [5, 5.41) is 7.59. The Kier molecular flexibility index (Phi) is 6.13. The lowest BCUT2D eigenvalue weighted by molar-refractivity contribution is 0.0952. The van der Waals surface area contributed by atoms with E-state index >= 15 is 0 Å². The van der Waals surface area contributed by atoms with Gasteiger partial charge < -0.3 is 14.3 Å². The van der Waals surface area contributed by atoms with E-state index in [1.807, 2.05) is 0 Å². The predicted molar refractivity (Wildman–Crippen MR) is 118 cm³/mol. The molecule has 7 heteroatoms. The maximum atomic E-state index is 13.0. The predicted octanol–water partition coefficient (Wildman–Crippen LogP) is 4.56. The van der Waals surface area contributed by atoms with Crippen molar-refractivity contribution < 1.29 is 13.7 Å². The molecular formula is C24H26N4O3. The number of nitrogens with zero attached hydrogens (tertiary/aromatic N) is 3. The lowest BCUT2D eigenvalue weighted by Gasteiger charge is -2.18. The molecule has 0 aliphatic carbocycles. The first-order valence-electron chi connectivity index (χ1n) is 10.5. The van der Waals surface area contributed by atoms with Gasteiger partial charge in [-0.2, -0.15) is 0 Å². The minimum absolute atomic E-state index is 0.210. The van der Waals surface area contributed by atoms with Crippen LogP contribution in [0.25, 0.3) is 22.6 Å². The van der Waals surface area contributed by atoms with Gasteiger partial charge in [0, 0.05) is 13.1 Å². The third-order valence-corrected chi connectivity index (χ3v) is 5.41. The van der Waals surface area contributed by atoms with Gasteiger partial charge >= 0.3 is 0 Å². The number of furan rings is 1. The topological polar surface area (TPSA) is 84.4 Å². The van der Waals surface area contributed by atoms with Crippen molar-refractivity contribution in [1.82, 2.24) is 20.4 Å². The summed E-state index contributed by atoms with van der Waals surface area (Å²) in [5.74, 6) is 0.354. The Morgan fingerprint density at radius 2 is 1.84 bits per heavy atom. The van der Waals surface area contributed by atoms with E-state index in [-0.39, 0.29) is 5.91 Å². The highest BCUT2D eigenvalue weighted by Gasteiger charge is 2.20. The van der Waals surface area contributed by atoms with Crippen LogP contribution in [0.4, 0.5) is 0 Å². The van der Waals surface area contributed by atoms with Gasteiger partial charge in [-0.05, 0) is 49.3 Å². The maximum absolute atomic E-state index is 13.0. The molecule has 0 aliphatic heterocycles. The summed E-state index contributed by atoms with van der Waals surface area (Å²) < 4.78 is 10.8. The van der Waals surface area contributed by atoms with Crippen molar-refractivity contribution in [2.75, 3.05) is 13.1 Å². The number of fused-ring (bicyclic) bond motifs is 1. The van der Waals surface area contributed by atoms with Crippen LogP contribution >= 0.6 is 0 Å². The average Bonchev–Trinajstić information content (AvgIpc) is 3.46. The highest BCUT2D eigenvalue weighted by atomic mass is 16.5. The largest absolute Gasteiger partial charge is 0.463 e. The number of pyridine rings is 1. The molecule has 1 amide bonds. The first-order valence-corrected chi connectivity index (χ1v) is 10.5. The van der Waals surface area contributed by atoms with E-state index in [2.05, 4.69) is 58.5 Å². The zero-order chi connectivity index (χ0) is 21.8. The van der Waals surface area contributed by atoms with Gasteiger partial charge in [-0.3, -0.25) is 9.69 Å². The van der Waals surface area contributed by atoms with Crippen LogP contribution in [0.2, 0.25) is 0 Å². The van der Waals surface area contributed by atoms with Crippen molar-refractivity contribution in [3.8, 4) is 11.5 Å². The number of aryl methyl sites for hydroxylation is 1. The van der Waals surface area contributed by atoms with Crippen LogP contribution in [0.15, 0.2) is 57.7 Å². The molecule has 0 atom stereocenters. The molecule has 4 aromatic rings. The number of amides is 1. The minimum atomic E-state index is -0.210. The summed E-state index contributed by atoms with van der Waals surface area (Å²) in [5.41, 5.74) is 4.23. The van der Waals surface area contributed by atoms with Crippen molar-refractivity contribution in [2.24, 2.45) is 0 Å². The first-order chi connectivity index (χ1) is 15.1. The molecule has 160 valence electrons. The van der Waals surface area contributed by atoms with Crippen LogP contribution in [0.3, 0.4) is 0 Å². The summed E-state index contributed by atoms with van der Waals surface area (Å²) in [6, 6.07) is 13.6. The smallest absolute Gasteiger partial charge is 0.259 e. The molecule has 0 radical (unpaired) electrons. The zero-order valence-corrected chi connectivity index (χ0v) is 18.0. The second-order valence-electron chi connectivity index (χ2n) is 7.44. The quantitative estimate of drug-likeness (QED) is 0.451.